The van der Waals surface area contributed by atoms with Crippen LogP contribution < -0.4 is 14.8 Å². The van der Waals surface area contributed by atoms with Crippen LogP contribution in [0.4, 0.5) is 5.82 Å². The van der Waals surface area contributed by atoms with Crippen molar-refractivity contribution in [1.29, 1.82) is 0 Å². The Morgan fingerprint density at radius 2 is 1.86 bits per heavy atom. The number of hydrogen-bond acceptors (Lipinski definition) is 11. The number of imidazole rings is 1. The maximum Gasteiger partial charge on any atom is 0.305 e. The Labute approximate surface area is 289 Å². The molecular weight excluding hydrogens is 624 g/mol. The van der Waals surface area contributed by atoms with Gasteiger partial charge in [0, 0.05) is 49.6 Å². The number of fused-ring (bicyclic) bond motifs is 2. The van der Waals surface area contributed by atoms with E-state index in [0.29, 0.717) is 43.3 Å². The summed E-state index contributed by atoms with van der Waals surface area (Å²) in [5.74, 6) is 3.12. The second-order valence-corrected chi connectivity index (χ2v) is 14.8. The van der Waals surface area contributed by atoms with Crippen molar-refractivity contribution >= 4 is 23.0 Å². The normalized spacial score (nSPS) is 27.5. The lowest BCUT2D eigenvalue weighted by Gasteiger charge is -2.46. The van der Waals surface area contributed by atoms with Gasteiger partial charge in [-0.25, -0.2) is 15.0 Å². The Bertz CT molecular complexity index is 1600. The van der Waals surface area contributed by atoms with Gasteiger partial charge in [-0.1, -0.05) is 6.42 Å². The molecule has 1 aromatic carbocycles. The fourth-order valence-electron chi connectivity index (χ4n) is 8.38. The molecule has 12 nitrogen and oxygen atoms in total. The highest BCUT2D eigenvalue weighted by Gasteiger charge is 2.55. The Hall–Kier alpha value is -3.48. The van der Waals surface area contributed by atoms with Crippen molar-refractivity contribution in [2.45, 2.75) is 109 Å². The Morgan fingerprint density at radius 3 is 2.59 bits per heavy atom. The fraction of sp³-hybridized carbons (Fsp3) is 0.676. The number of carbonyl (C=O) groups excluding carboxylic acids is 1. The lowest BCUT2D eigenvalue weighted by molar-refractivity contribution is -0.161. The number of rotatable bonds is 15. The van der Waals surface area contributed by atoms with Crippen LogP contribution in [0.2, 0.25) is 0 Å². The molecule has 0 unspecified atom stereocenters. The van der Waals surface area contributed by atoms with E-state index in [1.165, 1.54) is 19.3 Å². The third-order valence-electron chi connectivity index (χ3n) is 11.2. The summed E-state index contributed by atoms with van der Waals surface area (Å²) < 4.78 is 31.6. The van der Waals surface area contributed by atoms with Crippen LogP contribution in [0.25, 0.3) is 11.2 Å². The zero-order valence-corrected chi connectivity index (χ0v) is 29.6. The number of nitrogens with zero attached hydrogens (tertiary/aromatic N) is 5. The molecule has 1 N–H and O–H groups in total. The predicted molar refractivity (Wildman–Crippen MR) is 184 cm³/mol. The maximum absolute atomic E-state index is 12.0. The fourth-order valence-corrected chi connectivity index (χ4v) is 8.38. The molecule has 266 valence electrons. The summed E-state index contributed by atoms with van der Waals surface area (Å²) in [6.07, 6.45) is 12.0. The second kappa shape index (κ2) is 14.4. The van der Waals surface area contributed by atoms with Crippen LogP contribution in [-0.4, -0.2) is 88.3 Å². The number of anilines is 1. The van der Waals surface area contributed by atoms with Crippen molar-refractivity contribution in [3.05, 3.63) is 36.4 Å². The number of carbonyl (C=O) groups is 1. The van der Waals surface area contributed by atoms with Crippen LogP contribution >= 0.6 is 0 Å². The van der Waals surface area contributed by atoms with E-state index in [9.17, 15) is 4.79 Å². The first kappa shape index (κ1) is 34.0. The van der Waals surface area contributed by atoms with Crippen LogP contribution in [-0.2, 0) is 25.5 Å². The number of esters is 1. The van der Waals surface area contributed by atoms with E-state index < -0.39 is 5.79 Å². The molecule has 2 aromatic heterocycles. The lowest BCUT2D eigenvalue weighted by Crippen LogP contribution is -2.50. The molecule has 7 rings (SSSR count). The number of nitrogens with one attached hydrogen (secondary N) is 1. The number of ether oxygens (including phenoxy) is 5. The summed E-state index contributed by atoms with van der Waals surface area (Å²) in [5, 5.41) is 3.46. The first-order valence-electron chi connectivity index (χ1n) is 18.1. The van der Waals surface area contributed by atoms with E-state index in [4.69, 9.17) is 33.7 Å². The van der Waals surface area contributed by atoms with Gasteiger partial charge in [-0.3, -0.25) is 9.69 Å². The van der Waals surface area contributed by atoms with Gasteiger partial charge in [-0.05, 0) is 83.3 Å². The van der Waals surface area contributed by atoms with Gasteiger partial charge in [0.15, 0.2) is 17.3 Å². The topological polar surface area (TPSA) is 122 Å². The molecule has 0 spiro atoms. The molecule has 0 bridgehead atoms. The standard InChI is InChI=1S/C37H52N6O6/c1-6-47-31(44)13-10-24-14-27(15-24)42(19-23-8-7-9-23)20-26-16-29(34-33(26)48-37(2,3)49-34)43-22-41-32-35(39-21-40-36(32)43)38-18-25-11-12-28(45-4)17-30(25)46-5/h11-12,17,21-24,26-27,29,33-34H,6-10,13-16,18-20H2,1-5H3,(H,38,39,40)/t24?,26-,27?,29-,33-,34+/m1/s1. The number of aromatic nitrogens is 4. The van der Waals surface area contributed by atoms with Crippen LogP contribution in [0.1, 0.15) is 83.7 Å². The van der Waals surface area contributed by atoms with Gasteiger partial charge in [0.05, 0.1) is 39.3 Å². The van der Waals surface area contributed by atoms with Crippen molar-refractivity contribution in [1.82, 2.24) is 24.4 Å². The Balaban J connectivity index is 1.07. The number of benzene rings is 1. The van der Waals surface area contributed by atoms with E-state index in [2.05, 4.69) is 19.8 Å². The minimum atomic E-state index is -0.658. The minimum absolute atomic E-state index is 0.0111. The quantitative estimate of drug-likeness (QED) is 0.198. The molecule has 1 saturated heterocycles. The monoisotopic (exact) mass is 676 g/mol. The molecule has 3 saturated carbocycles. The highest BCUT2D eigenvalue weighted by molar-refractivity contribution is 5.82. The Morgan fingerprint density at radius 1 is 1.04 bits per heavy atom. The van der Waals surface area contributed by atoms with Crippen molar-refractivity contribution in [2.24, 2.45) is 17.8 Å². The third kappa shape index (κ3) is 7.23. The van der Waals surface area contributed by atoms with E-state index in [1.54, 1.807) is 20.5 Å². The molecule has 0 amide bonds. The molecule has 3 aliphatic carbocycles. The first-order valence-corrected chi connectivity index (χ1v) is 18.1. The van der Waals surface area contributed by atoms with Gasteiger partial charge in [0.25, 0.3) is 0 Å². The Kier molecular flexibility index (Phi) is 9.99. The van der Waals surface area contributed by atoms with Gasteiger partial charge in [0.1, 0.15) is 29.4 Å². The van der Waals surface area contributed by atoms with Crippen molar-refractivity contribution < 1.29 is 28.5 Å². The van der Waals surface area contributed by atoms with E-state index in [1.807, 2.05) is 45.3 Å². The number of hydrogen-bond donors (Lipinski definition) is 1. The van der Waals surface area contributed by atoms with Crippen LogP contribution in [0.15, 0.2) is 30.9 Å². The SMILES string of the molecule is CCOC(=O)CCC1CC(N(CC2CCC2)C[C@H]2C[C@@H](n3cnc4c(NCc5ccc(OC)cc5OC)ncnc43)[C@@H]3OC(C)(C)O[C@H]23)C1. The second-order valence-electron chi connectivity index (χ2n) is 14.8. The van der Waals surface area contributed by atoms with Gasteiger partial charge < -0.3 is 33.6 Å². The first-order chi connectivity index (χ1) is 23.7. The molecule has 3 aromatic rings. The minimum Gasteiger partial charge on any atom is -0.497 e. The van der Waals surface area contributed by atoms with Gasteiger partial charge in [-0.2, -0.15) is 0 Å². The zero-order chi connectivity index (χ0) is 34.1. The lowest BCUT2D eigenvalue weighted by atomic mass is 9.75. The van der Waals surface area contributed by atoms with E-state index in [0.717, 1.165) is 72.9 Å². The van der Waals surface area contributed by atoms with E-state index >= 15 is 0 Å². The largest absolute Gasteiger partial charge is 0.497 e. The summed E-state index contributed by atoms with van der Waals surface area (Å²) in [6.45, 7) is 9.01. The van der Waals surface area contributed by atoms with Crippen molar-refractivity contribution in [3.8, 4) is 11.5 Å². The molecule has 4 aliphatic rings. The van der Waals surface area contributed by atoms with Crippen molar-refractivity contribution in [2.75, 3.05) is 39.2 Å². The molecule has 49 heavy (non-hydrogen) atoms. The van der Waals surface area contributed by atoms with Gasteiger partial charge in [0.2, 0.25) is 0 Å². The maximum atomic E-state index is 12.0. The van der Waals surface area contributed by atoms with Gasteiger partial charge >= 0.3 is 5.97 Å². The third-order valence-corrected chi connectivity index (χ3v) is 11.2. The molecule has 1 aliphatic heterocycles. The summed E-state index contributed by atoms with van der Waals surface area (Å²) >= 11 is 0. The highest BCUT2D eigenvalue weighted by Crippen LogP contribution is 2.49. The molecular formula is C37H52N6O6. The number of methoxy groups -OCH3 is 2. The molecule has 12 heteroatoms. The van der Waals surface area contributed by atoms with Crippen LogP contribution in [0.3, 0.4) is 0 Å². The summed E-state index contributed by atoms with van der Waals surface area (Å²) in [7, 11) is 3.30. The summed E-state index contributed by atoms with van der Waals surface area (Å²) in [4.78, 5) is 28.8. The molecule has 4 atom stereocenters. The predicted octanol–water partition coefficient (Wildman–Crippen LogP) is 5.76. The zero-order valence-electron chi connectivity index (χ0n) is 29.6. The molecule has 0 radical (unpaired) electrons. The average molecular weight is 677 g/mol. The van der Waals surface area contributed by atoms with E-state index in [-0.39, 0.29) is 24.2 Å². The highest BCUT2D eigenvalue weighted by atomic mass is 16.8. The smallest absolute Gasteiger partial charge is 0.305 e. The summed E-state index contributed by atoms with van der Waals surface area (Å²) in [6, 6.07) is 6.38. The summed E-state index contributed by atoms with van der Waals surface area (Å²) in [5.41, 5.74) is 2.49. The average Bonchev–Trinajstić information content (AvgIpc) is 3.71. The van der Waals surface area contributed by atoms with Crippen LogP contribution in [0, 0.1) is 17.8 Å². The van der Waals surface area contributed by atoms with Crippen LogP contribution in [0.5, 0.6) is 11.5 Å². The molecule has 3 heterocycles. The van der Waals surface area contributed by atoms with Gasteiger partial charge in [-0.15, -0.1) is 0 Å². The van der Waals surface area contributed by atoms with Crippen molar-refractivity contribution in [3.63, 3.8) is 0 Å². The molecule has 4 fully saturated rings.